The van der Waals surface area contributed by atoms with Gasteiger partial charge in [-0.05, 0) is 48.6 Å². The third-order valence-electron chi connectivity index (χ3n) is 3.17. The molecule has 0 spiro atoms. The maximum absolute atomic E-state index is 12.2. The maximum atomic E-state index is 12.2. The lowest BCUT2D eigenvalue weighted by atomic mass is 10.2. The molecule has 0 amide bonds. The Hall–Kier alpha value is -0.330. The number of nitrogens with one attached hydrogen (secondary N) is 1. The average molecular weight is 307 g/mol. The first kappa shape index (κ1) is 15.1. The van der Waals surface area contributed by atoms with Crippen LogP contribution >= 0.6 is 23.5 Å². The van der Waals surface area contributed by atoms with Crippen LogP contribution in [0, 0.1) is 0 Å². The highest BCUT2D eigenvalue weighted by molar-refractivity contribution is 8.00. The van der Waals surface area contributed by atoms with Crippen molar-refractivity contribution in [1.82, 2.24) is 5.32 Å². The van der Waals surface area contributed by atoms with E-state index >= 15 is 0 Å². The standard InChI is InChI=1S/C13H16F3NS2/c1-18-12(6-7-12)9-17-8-10-2-4-11(5-3-10)19-13(14,15)16/h2-5,17H,6-9H2,1H3. The number of rotatable bonds is 6. The van der Waals surface area contributed by atoms with Gasteiger partial charge in [0.15, 0.2) is 0 Å². The first-order valence-corrected chi connectivity index (χ1v) is 8.07. The molecule has 0 saturated heterocycles. The molecule has 1 saturated carbocycles. The highest BCUT2D eigenvalue weighted by atomic mass is 32.2. The second-order valence-corrected chi connectivity index (χ2v) is 7.10. The van der Waals surface area contributed by atoms with Gasteiger partial charge in [-0.2, -0.15) is 24.9 Å². The van der Waals surface area contributed by atoms with Crippen molar-refractivity contribution >= 4 is 23.5 Å². The van der Waals surface area contributed by atoms with Crippen LogP contribution in [0.1, 0.15) is 18.4 Å². The van der Waals surface area contributed by atoms with Crippen molar-refractivity contribution in [3.8, 4) is 0 Å². The monoisotopic (exact) mass is 307 g/mol. The van der Waals surface area contributed by atoms with E-state index in [-0.39, 0.29) is 16.7 Å². The summed E-state index contributed by atoms with van der Waals surface area (Å²) in [6, 6.07) is 6.55. The van der Waals surface area contributed by atoms with Crippen LogP contribution in [0.2, 0.25) is 0 Å². The fraction of sp³-hybridized carbons (Fsp3) is 0.538. The van der Waals surface area contributed by atoms with Crippen LogP contribution in [-0.2, 0) is 6.54 Å². The van der Waals surface area contributed by atoms with E-state index in [1.54, 1.807) is 12.1 Å². The number of hydrogen-bond donors (Lipinski definition) is 1. The molecule has 0 atom stereocenters. The molecule has 1 aromatic carbocycles. The number of thioether (sulfide) groups is 2. The molecule has 0 aliphatic heterocycles. The Morgan fingerprint density at radius 2 is 1.84 bits per heavy atom. The largest absolute Gasteiger partial charge is 0.446 e. The Labute approximate surface area is 119 Å². The Morgan fingerprint density at radius 1 is 1.21 bits per heavy atom. The fourth-order valence-electron chi connectivity index (χ4n) is 1.84. The molecule has 1 aromatic rings. The van der Waals surface area contributed by atoms with Crippen LogP contribution in [0.15, 0.2) is 29.2 Å². The topological polar surface area (TPSA) is 12.0 Å². The van der Waals surface area contributed by atoms with Crippen LogP contribution in [0.4, 0.5) is 13.2 Å². The van der Waals surface area contributed by atoms with Crippen LogP contribution in [0.5, 0.6) is 0 Å². The number of alkyl halides is 3. The smallest absolute Gasteiger partial charge is 0.311 e. The average Bonchev–Trinajstić information content (AvgIpc) is 3.10. The zero-order chi connectivity index (χ0) is 13.9. The summed E-state index contributed by atoms with van der Waals surface area (Å²) in [4.78, 5) is 0.235. The molecule has 0 bridgehead atoms. The Balaban J connectivity index is 1.79. The van der Waals surface area contributed by atoms with Gasteiger partial charge in [-0.3, -0.25) is 0 Å². The lowest BCUT2D eigenvalue weighted by molar-refractivity contribution is -0.0328. The van der Waals surface area contributed by atoms with E-state index in [0.29, 0.717) is 11.3 Å². The molecule has 0 unspecified atom stereocenters. The summed E-state index contributed by atoms with van der Waals surface area (Å²) in [5, 5.41) is 3.37. The molecule has 19 heavy (non-hydrogen) atoms. The SMILES string of the molecule is CSC1(CNCc2ccc(SC(F)(F)F)cc2)CC1. The van der Waals surface area contributed by atoms with E-state index in [1.165, 1.54) is 25.0 Å². The highest BCUT2D eigenvalue weighted by Gasteiger charge is 2.41. The van der Waals surface area contributed by atoms with Crippen LogP contribution in [0.3, 0.4) is 0 Å². The molecule has 1 nitrogen and oxygen atoms in total. The Bertz CT molecular complexity index is 413. The predicted molar refractivity (Wildman–Crippen MR) is 75.5 cm³/mol. The summed E-state index contributed by atoms with van der Waals surface area (Å²) in [5.41, 5.74) is -3.19. The molecule has 1 aliphatic rings. The lowest BCUT2D eigenvalue weighted by Gasteiger charge is -2.13. The van der Waals surface area contributed by atoms with Gasteiger partial charge in [0.25, 0.3) is 0 Å². The molecule has 0 heterocycles. The van der Waals surface area contributed by atoms with E-state index < -0.39 is 5.51 Å². The summed E-state index contributed by atoms with van der Waals surface area (Å²) in [6.45, 7) is 1.67. The van der Waals surface area contributed by atoms with E-state index in [0.717, 1.165) is 12.1 Å². The van der Waals surface area contributed by atoms with Crippen molar-refractivity contribution in [3.05, 3.63) is 29.8 Å². The first-order chi connectivity index (χ1) is 8.92. The van der Waals surface area contributed by atoms with Gasteiger partial charge in [-0.25, -0.2) is 0 Å². The maximum Gasteiger partial charge on any atom is 0.446 e. The first-order valence-electron chi connectivity index (χ1n) is 6.03. The van der Waals surface area contributed by atoms with E-state index in [1.807, 2.05) is 11.8 Å². The quantitative estimate of drug-likeness (QED) is 0.788. The minimum atomic E-state index is -4.21. The van der Waals surface area contributed by atoms with Crippen LogP contribution < -0.4 is 5.32 Å². The molecular weight excluding hydrogens is 291 g/mol. The molecule has 1 N–H and O–H groups in total. The van der Waals surface area contributed by atoms with Gasteiger partial charge >= 0.3 is 5.51 Å². The van der Waals surface area contributed by atoms with Crippen molar-refractivity contribution in [2.24, 2.45) is 0 Å². The summed E-state index contributed by atoms with van der Waals surface area (Å²) in [7, 11) is 0. The summed E-state index contributed by atoms with van der Waals surface area (Å²) in [6.07, 6.45) is 4.63. The molecule has 0 aromatic heterocycles. The number of benzene rings is 1. The third-order valence-corrected chi connectivity index (χ3v) is 5.33. The zero-order valence-electron chi connectivity index (χ0n) is 10.6. The van der Waals surface area contributed by atoms with E-state index in [9.17, 15) is 13.2 Å². The molecular formula is C13H16F3NS2. The van der Waals surface area contributed by atoms with Crippen molar-refractivity contribution in [1.29, 1.82) is 0 Å². The molecule has 1 fully saturated rings. The van der Waals surface area contributed by atoms with Gasteiger partial charge in [0.05, 0.1) is 0 Å². The van der Waals surface area contributed by atoms with Gasteiger partial charge in [0.2, 0.25) is 0 Å². The number of halogens is 3. The zero-order valence-corrected chi connectivity index (χ0v) is 12.2. The fourth-order valence-corrected chi connectivity index (χ4v) is 3.13. The van der Waals surface area contributed by atoms with E-state index in [2.05, 4.69) is 11.6 Å². The van der Waals surface area contributed by atoms with Gasteiger partial charge in [-0.1, -0.05) is 12.1 Å². The van der Waals surface area contributed by atoms with Crippen molar-refractivity contribution in [2.75, 3.05) is 12.8 Å². The Kier molecular flexibility index (Phi) is 4.74. The molecule has 2 rings (SSSR count). The van der Waals surface area contributed by atoms with Crippen molar-refractivity contribution in [2.45, 2.75) is 34.5 Å². The second kappa shape index (κ2) is 5.97. The summed E-state index contributed by atoms with van der Waals surface area (Å²) in [5.74, 6) is 0. The minimum Gasteiger partial charge on any atom is -0.311 e. The highest BCUT2D eigenvalue weighted by Crippen LogP contribution is 2.46. The van der Waals surface area contributed by atoms with Crippen molar-refractivity contribution in [3.63, 3.8) is 0 Å². The van der Waals surface area contributed by atoms with Gasteiger partial charge in [0.1, 0.15) is 0 Å². The number of hydrogen-bond acceptors (Lipinski definition) is 3. The minimum absolute atomic E-state index is 0.0726. The predicted octanol–water partition coefficient (Wildman–Crippen LogP) is 4.28. The molecule has 6 heteroatoms. The molecule has 106 valence electrons. The normalized spacial score (nSPS) is 17.5. The van der Waals surface area contributed by atoms with Gasteiger partial charge < -0.3 is 5.32 Å². The third kappa shape index (κ3) is 4.93. The molecule has 1 aliphatic carbocycles. The van der Waals surface area contributed by atoms with E-state index in [4.69, 9.17) is 0 Å². The van der Waals surface area contributed by atoms with Crippen molar-refractivity contribution < 1.29 is 13.2 Å². The second-order valence-electron chi connectivity index (χ2n) is 4.68. The molecule has 0 radical (unpaired) electrons. The van der Waals surface area contributed by atoms with Crippen LogP contribution in [0.25, 0.3) is 0 Å². The van der Waals surface area contributed by atoms with Gasteiger partial charge in [-0.15, -0.1) is 0 Å². The van der Waals surface area contributed by atoms with Gasteiger partial charge in [0, 0.05) is 22.7 Å². The lowest BCUT2D eigenvalue weighted by Crippen LogP contribution is -2.25. The Morgan fingerprint density at radius 3 is 2.32 bits per heavy atom. The van der Waals surface area contributed by atoms with Crippen LogP contribution in [-0.4, -0.2) is 23.1 Å². The summed E-state index contributed by atoms with van der Waals surface area (Å²) < 4.78 is 36.9. The summed E-state index contributed by atoms with van der Waals surface area (Å²) >= 11 is 1.82.